The number of pyridine rings is 1. The second-order valence-electron chi connectivity index (χ2n) is 5.98. The first-order valence-electron chi connectivity index (χ1n) is 7.48. The van der Waals surface area contributed by atoms with Crippen LogP contribution in [0.1, 0.15) is 24.6 Å². The van der Waals surface area contributed by atoms with E-state index in [1.807, 2.05) is 13.0 Å². The van der Waals surface area contributed by atoms with Gasteiger partial charge in [-0.15, -0.1) is 0 Å². The topological polar surface area (TPSA) is 112 Å². The number of hydrogen-bond acceptors (Lipinski definition) is 4. The van der Waals surface area contributed by atoms with Crippen LogP contribution in [0.3, 0.4) is 0 Å². The zero-order valence-corrected chi connectivity index (χ0v) is 13.4. The predicted molar refractivity (Wildman–Crippen MR) is 85.9 cm³/mol. The van der Waals surface area contributed by atoms with Crippen molar-refractivity contribution in [3.63, 3.8) is 0 Å². The van der Waals surface area contributed by atoms with Gasteiger partial charge in [0.1, 0.15) is 0 Å². The second kappa shape index (κ2) is 5.84. The molecule has 1 aromatic rings. The number of nitrogens with zero attached hydrogens (tertiary/aromatic N) is 5. The molecule has 0 fully saturated rings. The van der Waals surface area contributed by atoms with E-state index in [9.17, 15) is 10.1 Å². The molecule has 0 aromatic carbocycles. The SMILES string of the molecule is COc1ccc2c(n1)C[C@H]1C=C(C)C[C@]2(C(=O)N=[N+]=[N-])C1=CC#N. The smallest absolute Gasteiger partial charge is 0.233 e. The van der Waals surface area contributed by atoms with Gasteiger partial charge in [-0.2, -0.15) is 5.26 Å². The first-order chi connectivity index (χ1) is 11.6. The minimum absolute atomic E-state index is 0.122. The average molecular weight is 321 g/mol. The lowest BCUT2D eigenvalue weighted by molar-refractivity contribution is -0.122. The predicted octanol–water partition coefficient (Wildman–Crippen LogP) is 3.14. The summed E-state index contributed by atoms with van der Waals surface area (Å²) in [5.41, 5.74) is 10.7. The number of fused-ring (bicyclic) bond motifs is 4. The molecule has 2 aliphatic rings. The molecule has 2 bridgehead atoms. The van der Waals surface area contributed by atoms with Gasteiger partial charge in [-0.3, -0.25) is 4.79 Å². The molecule has 0 N–H and O–H groups in total. The lowest BCUT2D eigenvalue weighted by atomic mass is 9.57. The van der Waals surface area contributed by atoms with Crippen LogP contribution in [0.15, 0.2) is 40.5 Å². The van der Waals surface area contributed by atoms with Gasteiger partial charge in [0.15, 0.2) is 0 Å². The highest BCUT2D eigenvalue weighted by Crippen LogP contribution is 2.52. The molecule has 2 atom stereocenters. The van der Waals surface area contributed by atoms with Gasteiger partial charge >= 0.3 is 0 Å². The van der Waals surface area contributed by atoms with Crippen LogP contribution in [-0.4, -0.2) is 18.0 Å². The van der Waals surface area contributed by atoms with E-state index in [1.165, 1.54) is 13.2 Å². The normalized spacial score (nSPS) is 25.8. The summed E-state index contributed by atoms with van der Waals surface area (Å²) < 4.78 is 5.18. The molecule has 1 aromatic heterocycles. The molecule has 7 heteroatoms. The summed E-state index contributed by atoms with van der Waals surface area (Å²) >= 11 is 0. The number of methoxy groups -OCH3 is 1. The molecule has 7 nitrogen and oxygen atoms in total. The van der Waals surface area contributed by atoms with Gasteiger partial charge in [0.25, 0.3) is 0 Å². The number of ether oxygens (including phenoxy) is 1. The van der Waals surface area contributed by atoms with Crippen LogP contribution in [0.4, 0.5) is 0 Å². The van der Waals surface area contributed by atoms with Crippen molar-refractivity contribution in [2.24, 2.45) is 11.0 Å². The Kier molecular flexibility index (Phi) is 3.84. The molecule has 0 aliphatic heterocycles. The Morgan fingerprint density at radius 3 is 3.08 bits per heavy atom. The van der Waals surface area contributed by atoms with E-state index in [0.717, 1.165) is 11.3 Å². The third-order valence-corrected chi connectivity index (χ3v) is 4.67. The molecule has 0 radical (unpaired) electrons. The summed E-state index contributed by atoms with van der Waals surface area (Å²) in [6.07, 6.45) is 4.40. The summed E-state index contributed by atoms with van der Waals surface area (Å²) in [4.78, 5) is 20.0. The van der Waals surface area contributed by atoms with Crippen molar-refractivity contribution in [2.45, 2.75) is 25.2 Å². The van der Waals surface area contributed by atoms with E-state index < -0.39 is 11.3 Å². The molecular formula is C17H15N5O2. The van der Waals surface area contributed by atoms with Gasteiger partial charge in [0.05, 0.1) is 18.6 Å². The van der Waals surface area contributed by atoms with E-state index in [0.29, 0.717) is 29.9 Å². The maximum Gasteiger partial charge on any atom is 0.233 e. The van der Waals surface area contributed by atoms with E-state index in [1.54, 1.807) is 12.1 Å². The Hall–Kier alpha value is -3.10. The van der Waals surface area contributed by atoms with Crippen molar-refractivity contribution in [1.29, 1.82) is 5.26 Å². The average Bonchev–Trinajstić information content (AvgIpc) is 2.56. The molecule has 0 unspecified atom stereocenters. The standard InChI is InChI=1S/C17H15N5O2/c1-10-7-11-8-14-13(3-4-15(20-14)24-2)17(9-10,12(11)5-6-18)16(23)21-22-19/h3-5,7,11H,8-9H2,1-2H3/t11-,17+/m1/s1. The summed E-state index contributed by atoms with van der Waals surface area (Å²) in [5.74, 6) is -0.258. The van der Waals surface area contributed by atoms with E-state index in [4.69, 9.17) is 10.3 Å². The van der Waals surface area contributed by atoms with Crippen LogP contribution in [0, 0.1) is 17.2 Å². The van der Waals surface area contributed by atoms with Crippen molar-refractivity contribution in [3.05, 3.63) is 57.1 Å². The molecular weight excluding hydrogens is 306 g/mol. The van der Waals surface area contributed by atoms with Crippen LogP contribution in [0.25, 0.3) is 10.4 Å². The lowest BCUT2D eigenvalue weighted by Gasteiger charge is -2.45. The Morgan fingerprint density at radius 2 is 2.42 bits per heavy atom. The third kappa shape index (κ3) is 2.16. The highest BCUT2D eigenvalue weighted by Gasteiger charge is 2.51. The number of carbonyl (C=O) groups excluding carboxylic acids is 1. The molecule has 2 aliphatic carbocycles. The van der Waals surface area contributed by atoms with Gasteiger partial charge < -0.3 is 4.74 Å². The number of rotatable bonds is 2. The van der Waals surface area contributed by atoms with Crippen LogP contribution < -0.4 is 4.74 Å². The van der Waals surface area contributed by atoms with Crippen LogP contribution in [0.5, 0.6) is 5.88 Å². The van der Waals surface area contributed by atoms with Gasteiger partial charge in [0.2, 0.25) is 11.8 Å². The number of amides is 1. The first-order valence-corrected chi connectivity index (χ1v) is 7.48. The van der Waals surface area contributed by atoms with Crippen LogP contribution >= 0.6 is 0 Å². The molecule has 24 heavy (non-hydrogen) atoms. The second-order valence-corrected chi connectivity index (χ2v) is 5.98. The van der Waals surface area contributed by atoms with Gasteiger partial charge in [0, 0.05) is 35.1 Å². The Balaban J connectivity index is 2.35. The van der Waals surface area contributed by atoms with Gasteiger partial charge in [-0.1, -0.05) is 17.7 Å². The maximum absolute atomic E-state index is 12.8. The van der Waals surface area contributed by atoms with Gasteiger partial charge in [-0.25, -0.2) is 4.98 Å². The summed E-state index contributed by atoms with van der Waals surface area (Å²) in [5, 5.41) is 12.6. The number of allylic oxidation sites excluding steroid dienone is 3. The summed E-state index contributed by atoms with van der Waals surface area (Å²) in [6.45, 7) is 1.94. The minimum atomic E-state index is -1.15. The zero-order chi connectivity index (χ0) is 17.3. The minimum Gasteiger partial charge on any atom is -0.481 e. The summed E-state index contributed by atoms with van der Waals surface area (Å²) in [6, 6.07) is 5.50. The van der Waals surface area contributed by atoms with Crippen molar-refractivity contribution in [2.75, 3.05) is 7.11 Å². The van der Waals surface area contributed by atoms with Crippen molar-refractivity contribution in [3.8, 4) is 11.9 Å². The number of azide groups is 1. The number of hydrogen-bond donors (Lipinski definition) is 0. The highest BCUT2D eigenvalue weighted by atomic mass is 16.5. The highest BCUT2D eigenvalue weighted by molar-refractivity contribution is 5.94. The number of nitriles is 1. The molecule has 3 rings (SSSR count). The van der Waals surface area contributed by atoms with E-state index in [-0.39, 0.29) is 5.92 Å². The Labute approximate surface area is 138 Å². The lowest BCUT2D eigenvalue weighted by Crippen LogP contribution is -2.46. The van der Waals surface area contributed by atoms with E-state index >= 15 is 0 Å². The summed E-state index contributed by atoms with van der Waals surface area (Å²) in [7, 11) is 1.53. The first kappa shape index (κ1) is 15.8. The zero-order valence-electron chi connectivity index (χ0n) is 13.4. The molecule has 120 valence electrons. The van der Waals surface area contributed by atoms with Gasteiger partial charge in [-0.05, 0) is 35.1 Å². The molecule has 1 heterocycles. The van der Waals surface area contributed by atoms with E-state index in [2.05, 4.69) is 21.1 Å². The number of aromatic nitrogens is 1. The molecule has 0 saturated carbocycles. The van der Waals surface area contributed by atoms with Crippen molar-refractivity contribution >= 4 is 5.91 Å². The van der Waals surface area contributed by atoms with Crippen molar-refractivity contribution < 1.29 is 9.53 Å². The fraction of sp³-hybridized carbons (Fsp3) is 0.353. The Bertz CT molecular complexity index is 873. The Morgan fingerprint density at radius 1 is 1.62 bits per heavy atom. The van der Waals surface area contributed by atoms with Crippen LogP contribution in [0.2, 0.25) is 0 Å². The fourth-order valence-corrected chi connectivity index (χ4v) is 3.84. The quantitative estimate of drug-likeness (QED) is 0.274. The molecule has 0 saturated heterocycles. The van der Waals surface area contributed by atoms with Crippen molar-refractivity contribution in [1.82, 2.24) is 4.98 Å². The molecule has 1 amide bonds. The number of carbonyl (C=O) groups is 1. The monoisotopic (exact) mass is 321 g/mol. The largest absolute Gasteiger partial charge is 0.481 e. The maximum atomic E-state index is 12.8. The third-order valence-electron chi connectivity index (χ3n) is 4.67. The molecule has 0 spiro atoms. The van der Waals surface area contributed by atoms with Crippen LogP contribution in [-0.2, 0) is 16.6 Å². The fourth-order valence-electron chi connectivity index (χ4n) is 3.84.